The van der Waals surface area contributed by atoms with Crippen molar-refractivity contribution in [1.82, 2.24) is 0 Å². The summed E-state index contributed by atoms with van der Waals surface area (Å²) in [4.78, 5) is 0. The number of allylic oxidation sites excluding steroid dienone is 1. The lowest BCUT2D eigenvalue weighted by molar-refractivity contribution is 0.415. The van der Waals surface area contributed by atoms with Crippen LogP contribution >= 0.6 is 0 Å². The minimum atomic E-state index is -0.977. The van der Waals surface area contributed by atoms with Gasteiger partial charge in [0.2, 0.25) is 5.82 Å². The van der Waals surface area contributed by atoms with Crippen LogP contribution in [0.3, 0.4) is 0 Å². The number of hydrogen-bond donors (Lipinski definition) is 0. The number of benzene rings is 2. The summed E-state index contributed by atoms with van der Waals surface area (Å²) in [6, 6.07) is 11.7. The Bertz CT molecular complexity index is 562. The van der Waals surface area contributed by atoms with Crippen molar-refractivity contribution in [3.63, 3.8) is 0 Å². The molecule has 0 radical (unpaired) electrons. The molecule has 0 aliphatic heterocycles. The molecular formula is C15H12F2O. The van der Waals surface area contributed by atoms with E-state index in [4.69, 9.17) is 4.74 Å². The predicted octanol–water partition coefficient (Wildman–Crippen LogP) is 4.54. The molecule has 0 saturated heterocycles. The van der Waals surface area contributed by atoms with Crippen molar-refractivity contribution in [2.24, 2.45) is 0 Å². The highest BCUT2D eigenvalue weighted by atomic mass is 19.2. The Labute approximate surface area is 104 Å². The van der Waals surface area contributed by atoms with Crippen molar-refractivity contribution in [2.45, 2.75) is 6.92 Å². The van der Waals surface area contributed by atoms with Gasteiger partial charge in [0.1, 0.15) is 0 Å². The van der Waals surface area contributed by atoms with Crippen LogP contribution in [-0.2, 0) is 0 Å². The van der Waals surface area contributed by atoms with Gasteiger partial charge in [-0.15, -0.1) is 0 Å². The summed E-state index contributed by atoms with van der Waals surface area (Å²) >= 11 is 0. The molecule has 0 saturated carbocycles. The molecule has 0 aromatic heterocycles. The van der Waals surface area contributed by atoms with Gasteiger partial charge in [-0.25, -0.2) is 4.39 Å². The largest absolute Gasteiger partial charge is 0.462 e. The van der Waals surface area contributed by atoms with Gasteiger partial charge in [-0.3, -0.25) is 0 Å². The van der Waals surface area contributed by atoms with E-state index in [1.54, 1.807) is 37.3 Å². The number of hydrogen-bond acceptors (Lipinski definition) is 1. The number of ether oxygens (including phenoxy) is 1. The van der Waals surface area contributed by atoms with Crippen molar-refractivity contribution in [3.8, 4) is 16.9 Å². The maximum Gasteiger partial charge on any atom is 0.201 e. The first-order valence-electron chi connectivity index (χ1n) is 5.55. The first-order chi connectivity index (χ1) is 8.74. The number of rotatable bonds is 3. The fraction of sp³-hybridized carbons (Fsp3) is 0.0667. The molecule has 0 aliphatic rings. The molecule has 18 heavy (non-hydrogen) atoms. The van der Waals surface area contributed by atoms with Crippen molar-refractivity contribution in [3.05, 3.63) is 66.4 Å². The Morgan fingerprint density at radius 2 is 1.67 bits per heavy atom. The lowest BCUT2D eigenvalue weighted by Crippen LogP contribution is -1.94. The van der Waals surface area contributed by atoms with Gasteiger partial charge in [-0.05, 0) is 24.6 Å². The van der Waals surface area contributed by atoms with Crippen molar-refractivity contribution < 1.29 is 13.5 Å². The van der Waals surface area contributed by atoms with Crippen LogP contribution in [-0.4, -0.2) is 0 Å². The van der Waals surface area contributed by atoms with Crippen molar-refractivity contribution in [1.29, 1.82) is 0 Å². The van der Waals surface area contributed by atoms with Crippen molar-refractivity contribution in [2.75, 3.05) is 0 Å². The molecule has 0 heterocycles. The Balaban J connectivity index is 2.44. The van der Waals surface area contributed by atoms with E-state index in [-0.39, 0.29) is 11.3 Å². The summed E-state index contributed by atoms with van der Waals surface area (Å²) in [7, 11) is 0. The minimum absolute atomic E-state index is 0.120. The highest BCUT2D eigenvalue weighted by molar-refractivity contribution is 5.65. The quantitative estimate of drug-likeness (QED) is 0.722. The average molecular weight is 246 g/mol. The summed E-state index contributed by atoms with van der Waals surface area (Å²) in [5.74, 6) is -2.00. The molecule has 0 spiro atoms. The molecule has 0 bridgehead atoms. The maximum atomic E-state index is 13.9. The van der Waals surface area contributed by atoms with Crippen LogP contribution in [0.15, 0.2) is 54.8 Å². The van der Waals surface area contributed by atoms with E-state index < -0.39 is 11.6 Å². The monoisotopic (exact) mass is 246 g/mol. The van der Waals surface area contributed by atoms with E-state index >= 15 is 0 Å². The molecule has 0 aliphatic carbocycles. The van der Waals surface area contributed by atoms with Crippen LogP contribution in [0.1, 0.15) is 6.92 Å². The summed E-state index contributed by atoms with van der Waals surface area (Å²) in [5, 5.41) is 0. The first-order valence-corrected chi connectivity index (χ1v) is 5.55. The zero-order valence-electron chi connectivity index (χ0n) is 9.86. The zero-order valence-corrected chi connectivity index (χ0v) is 9.86. The van der Waals surface area contributed by atoms with Crippen LogP contribution in [0.25, 0.3) is 11.1 Å². The van der Waals surface area contributed by atoms with Crippen molar-refractivity contribution >= 4 is 0 Å². The highest BCUT2D eigenvalue weighted by Gasteiger charge is 2.14. The lowest BCUT2D eigenvalue weighted by atomic mass is 10.0. The van der Waals surface area contributed by atoms with Crippen LogP contribution in [0, 0.1) is 11.6 Å². The van der Waals surface area contributed by atoms with Gasteiger partial charge in [0.25, 0.3) is 0 Å². The third-order valence-electron chi connectivity index (χ3n) is 2.46. The summed E-state index contributed by atoms with van der Waals surface area (Å²) < 4.78 is 32.6. The zero-order chi connectivity index (χ0) is 13.0. The number of halogens is 2. The van der Waals surface area contributed by atoms with Gasteiger partial charge in [-0.2, -0.15) is 4.39 Å². The maximum absolute atomic E-state index is 13.9. The minimum Gasteiger partial charge on any atom is -0.462 e. The van der Waals surface area contributed by atoms with E-state index in [9.17, 15) is 8.78 Å². The van der Waals surface area contributed by atoms with Gasteiger partial charge in [0.15, 0.2) is 11.6 Å². The van der Waals surface area contributed by atoms with Gasteiger partial charge >= 0.3 is 0 Å². The van der Waals surface area contributed by atoms with Gasteiger partial charge < -0.3 is 4.74 Å². The molecule has 2 rings (SSSR count). The van der Waals surface area contributed by atoms with Gasteiger partial charge in [0.05, 0.1) is 6.26 Å². The Morgan fingerprint density at radius 3 is 2.33 bits per heavy atom. The fourth-order valence-corrected chi connectivity index (χ4v) is 1.60. The Hall–Kier alpha value is -2.16. The Kier molecular flexibility index (Phi) is 3.72. The normalized spacial score (nSPS) is 10.8. The Morgan fingerprint density at radius 1 is 0.944 bits per heavy atom. The van der Waals surface area contributed by atoms with Gasteiger partial charge in [0, 0.05) is 5.56 Å². The van der Waals surface area contributed by atoms with Crippen LogP contribution in [0.2, 0.25) is 0 Å². The standard InChI is InChI=1S/C15H12F2O/c1-2-10-18-13-9-8-12(14(16)15(13)17)11-6-4-3-5-7-11/h2-10H,1H3/b10-2+. The molecule has 92 valence electrons. The smallest absolute Gasteiger partial charge is 0.201 e. The molecule has 1 nitrogen and oxygen atoms in total. The van der Waals surface area contributed by atoms with E-state index in [0.29, 0.717) is 5.56 Å². The van der Waals surface area contributed by atoms with Gasteiger partial charge in [-0.1, -0.05) is 36.4 Å². The van der Waals surface area contributed by atoms with Crippen LogP contribution < -0.4 is 4.74 Å². The molecule has 3 heteroatoms. The second kappa shape index (κ2) is 5.45. The SMILES string of the molecule is C/C=C/Oc1ccc(-c2ccccc2)c(F)c1F. The highest BCUT2D eigenvalue weighted by Crippen LogP contribution is 2.29. The van der Waals surface area contributed by atoms with Crippen LogP contribution in [0.4, 0.5) is 8.78 Å². The molecule has 2 aromatic rings. The van der Waals surface area contributed by atoms with E-state index in [1.165, 1.54) is 18.4 Å². The topological polar surface area (TPSA) is 9.23 Å². The predicted molar refractivity (Wildman–Crippen MR) is 67.2 cm³/mol. The van der Waals surface area contributed by atoms with E-state index in [0.717, 1.165) is 0 Å². The fourth-order valence-electron chi connectivity index (χ4n) is 1.60. The molecule has 0 fully saturated rings. The summed E-state index contributed by atoms with van der Waals surface area (Å²) in [6.07, 6.45) is 2.91. The molecule has 0 amide bonds. The summed E-state index contributed by atoms with van der Waals surface area (Å²) in [5.41, 5.74) is 0.854. The molecule has 0 N–H and O–H groups in total. The third-order valence-corrected chi connectivity index (χ3v) is 2.46. The van der Waals surface area contributed by atoms with Crippen LogP contribution in [0.5, 0.6) is 5.75 Å². The molecule has 2 aromatic carbocycles. The second-order valence-electron chi connectivity index (χ2n) is 3.69. The third kappa shape index (κ3) is 2.40. The lowest BCUT2D eigenvalue weighted by Gasteiger charge is -2.07. The second-order valence-corrected chi connectivity index (χ2v) is 3.69. The average Bonchev–Trinajstić information content (AvgIpc) is 2.41. The molecule has 0 unspecified atom stereocenters. The van der Waals surface area contributed by atoms with E-state index in [1.807, 2.05) is 6.07 Å². The molecular weight excluding hydrogens is 234 g/mol. The summed E-state index contributed by atoms with van der Waals surface area (Å²) in [6.45, 7) is 1.73. The van der Waals surface area contributed by atoms with E-state index in [2.05, 4.69) is 0 Å². The molecule has 0 atom stereocenters. The first kappa shape index (κ1) is 12.3.